The van der Waals surface area contributed by atoms with Gasteiger partial charge in [0.2, 0.25) is 0 Å². The molecule has 1 saturated heterocycles. The second-order valence-corrected chi connectivity index (χ2v) is 8.03. The van der Waals surface area contributed by atoms with E-state index in [9.17, 15) is 4.79 Å². The van der Waals surface area contributed by atoms with Crippen LogP contribution in [0.25, 0.3) is 0 Å². The van der Waals surface area contributed by atoms with Gasteiger partial charge in [0.15, 0.2) is 5.82 Å². The first-order valence-electron chi connectivity index (χ1n) is 9.31. The summed E-state index contributed by atoms with van der Waals surface area (Å²) in [5.41, 5.74) is 1.87. The molecule has 1 aliphatic heterocycles. The van der Waals surface area contributed by atoms with E-state index in [1.807, 2.05) is 49.1 Å². The summed E-state index contributed by atoms with van der Waals surface area (Å²) in [5, 5.41) is 5.00. The normalized spacial score (nSPS) is 16.6. The molecular formula is C20H22N4O3S. The van der Waals surface area contributed by atoms with Crippen LogP contribution in [0.15, 0.2) is 34.9 Å². The van der Waals surface area contributed by atoms with E-state index < -0.39 is 0 Å². The number of rotatable bonds is 6. The van der Waals surface area contributed by atoms with E-state index in [1.165, 1.54) is 11.3 Å². The van der Waals surface area contributed by atoms with Crippen molar-refractivity contribution in [2.24, 2.45) is 0 Å². The van der Waals surface area contributed by atoms with Gasteiger partial charge < -0.3 is 14.2 Å². The minimum absolute atomic E-state index is 0.00252. The highest BCUT2D eigenvalue weighted by Crippen LogP contribution is 2.33. The first kappa shape index (κ1) is 18.8. The molecule has 0 bridgehead atoms. The van der Waals surface area contributed by atoms with Crippen LogP contribution in [0.5, 0.6) is 0 Å². The van der Waals surface area contributed by atoms with Crippen molar-refractivity contribution in [2.45, 2.75) is 45.9 Å². The van der Waals surface area contributed by atoms with Crippen molar-refractivity contribution in [3.05, 3.63) is 63.2 Å². The molecule has 3 heterocycles. The third kappa shape index (κ3) is 3.98. The lowest BCUT2D eigenvalue weighted by Gasteiger charge is -2.21. The van der Waals surface area contributed by atoms with Crippen molar-refractivity contribution < 1.29 is 14.1 Å². The Morgan fingerprint density at radius 3 is 2.82 bits per heavy atom. The Balaban J connectivity index is 1.41. The lowest BCUT2D eigenvalue weighted by molar-refractivity contribution is 0.0732. The number of nitrogens with zero attached hydrogens (tertiary/aromatic N) is 4. The standard InChI is InChI=1S/C20H22N4O3S/c1-13-18(28-14(2)21-13)20(25)24-10-6-9-16(24)19-22-17(27-23-19)12-26-11-15-7-4-3-5-8-15/h3-5,7-8,16H,6,9-12H2,1-2H3. The first-order chi connectivity index (χ1) is 13.6. The minimum Gasteiger partial charge on any atom is -0.367 e. The number of hydrogen-bond donors (Lipinski definition) is 0. The van der Waals surface area contributed by atoms with Gasteiger partial charge >= 0.3 is 0 Å². The molecule has 1 unspecified atom stereocenters. The lowest BCUT2D eigenvalue weighted by Crippen LogP contribution is -2.31. The number of amides is 1. The average molecular weight is 398 g/mol. The molecule has 7 nitrogen and oxygen atoms in total. The van der Waals surface area contributed by atoms with Crippen LogP contribution in [0, 0.1) is 13.8 Å². The number of aryl methyl sites for hydroxylation is 2. The molecule has 2 aromatic heterocycles. The Morgan fingerprint density at radius 2 is 2.07 bits per heavy atom. The van der Waals surface area contributed by atoms with Gasteiger partial charge in [-0.25, -0.2) is 4.98 Å². The Kier molecular flexibility index (Phi) is 5.50. The summed E-state index contributed by atoms with van der Waals surface area (Å²) < 4.78 is 11.0. The molecule has 0 saturated carbocycles. The van der Waals surface area contributed by atoms with Gasteiger partial charge in [0, 0.05) is 6.54 Å². The van der Waals surface area contributed by atoms with Crippen LogP contribution in [0.3, 0.4) is 0 Å². The van der Waals surface area contributed by atoms with Crippen LogP contribution >= 0.6 is 11.3 Å². The lowest BCUT2D eigenvalue weighted by atomic mass is 10.2. The van der Waals surface area contributed by atoms with Gasteiger partial charge in [-0.05, 0) is 32.3 Å². The predicted molar refractivity (Wildman–Crippen MR) is 104 cm³/mol. The molecule has 1 fully saturated rings. The quantitative estimate of drug-likeness (QED) is 0.628. The maximum Gasteiger partial charge on any atom is 0.266 e. The molecule has 4 rings (SSSR count). The van der Waals surface area contributed by atoms with Crippen molar-refractivity contribution in [3.8, 4) is 0 Å². The molecule has 3 aromatic rings. The highest BCUT2D eigenvalue weighted by molar-refractivity contribution is 7.13. The number of thiazole rings is 1. The van der Waals surface area contributed by atoms with E-state index in [0.29, 0.717) is 29.7 Å². The fraction of sp³-hybridized carbons (Fsp3) is 0.400. The molecule has 8 heteroatoms. The van der Waals surface area contributed by atoms with Gasteiger partial charge in [0.05, 0.1) is 23.4 Å². The zero-order chi connectivity index (χ0) is 19.5. The van der Waals surface area contributed by atoms with Crippen molar-refractivity contribution in [1.82, 2.24) is 20.0 Å². The van der Waals surface area contributed by atoms with E-state index in [2.05, 4.69) is 15.1 Å². The molecule has 1 aliphatic rings. The number of ether oxygens (including phenoxy) is 1. The fourth-order valence-electron chi connectivity index (χ4n) is 3.43. The number of aromatic nitrogens is 3. The van der Waals surface area contributed by atoms with Crippen LogP contribution in [0.2, 0.25) is 0 Å². The predicted octanol–water partition coefficient (Wildman–Crippen LogP) is 3.84. The van der Waals surface area contributed by atoms with E-state index >= 15 is 0 Å². The highest BCUT2D eigenvalue weighted by atomic mass is 32.1. The van der Waals surface area contributed by atoms with E-state index in [-0.39, 0.29) is 18.6 Å². The van der Waals surface area contributed by atoms with Crippen LogP contribution in [0.4, 0.5) is 0 Å². The fourth-order valence-corrected chi connectivity index (χ4v) is 4.31. The Bertz CT molecular complexity index is 954. The molecular weight excluding hydrogens is 376 g/mol. The first-order valence-corrected chi connectivity index (χ1v) is 10.1. The van der Waals surface area contributed by atoms with Crippen LogP contribution in [-0.4, -0.2) is 32.5 Å². The summed E-state index contributed by atoms with van der Waals surface area (Å²) in [7, 11) is 0. The van der Waals surface area contributed by atoms with E-state index in [4.69, 9.17) is 9.26 Å². The second-order valence-electron chi connectivity index (χ2n) is 6.83. The van der Waals surface area contributed by atoms with Crippen LogP contribution in [0.1, 0.15) is 56.5 Å². The summed E-state index contributed by atoms with van der Waals surface area (Å²) >= 11 is 1.43. The third-order valence-corrected chi connectivity index (χ3v) is 5.79. The SMILES string of the molecule is Cc1nc(C)c(C(=O)N2CCCC2c2noc(COCc3ccccc3)n2)s1. The van der Waals surface area contributed by atoms with Gasteiger partial charge in [-0.3, -0.25) is 4.79 Å². The van der Waals surface area contributed by atoms with Gasteiger partial charge in [0.1, 0.15) is 11.5 Å². The third-order valence-electron chi connectivity index (χ3n) is 4.73. The maximum atomic E-state index is 13.0. The van der Waals surface area contributed by atoms with Crippen molar-refractivity contribution in [3.63, 3.8) is 0 Å². The number of carbonyl (C=O) groups is 1. The molecule has 1 atom stereocenters. The van der Waals surface area contributed by atoms with Crippen molar-refractivity contribution in [2.75, 3.05) is 6.54 Å². The van der Waals surface area contributed by atoms with Crippen molar-refractivity contribution >= 4 is 17.2 Å². The summed E-state index contributed by atoms with van der Waals surface area (Å²) in [6.45, 7) is 5.20. The Morgan fingerprint density at radius 1 is 1.25 bits per heavy atom. The molecule has 146 valence electrons. The van der Waals surface area contributed by atoms with Gasteiger partial charge in [-0.15, -0.1) is 11.3 Å². The number of carbonyl (C=O) groups excluding carboxylic acids is 1. The van der Waals surface area contributed by atoms with Gasteiger partial charge in [-0.2, -0.15) is 4.98 Å². The van der Waals surface area contributed by atoms with E-state index in [0.717, 1.165) is 29.1 Å². The zero-order valence-electron chi connectivity index (χ0n) is 15.9. The second kappa shape index (κ2) is 8.20. The maximum absolute atomic E-state index is 13.0. The smallest absolute Gasteiger partial charge is 0.266 e. The van der Waals surface area contributed by atoms with Crippen LogP contribution < -0.4 is 0 Å². The van der Waals surface area contributed by atoms with E-state index in [1.54, 1.807) is 0 Å². The summed E-state index contributed by atoms with van der Waals surface area (Å²) in [6.07, 6.45) is 1.74. The summed E-state index contributed by atoms with van der Waals surface area (Å²) in [4.78, 5) is 24.3. The number of hydrogen-bond acceptors (Lipinski definition) is 7. The Labute approximate surface area is 167 Å². The molecule has 1 aromatic carbocycles. The number of benzene rings is 1. The summed E-state index contributed by atoms with van der Waals surface area (Å²) in [5.74, 6) is 0.968. The molecule has 28 heavy (non-hydrogen) atoms. The number of likely N-dealkylation sites (tertiary alicyclic amines) is 1. The highest BCUT2D eigenvalue weighted by Gasteiger charge is 2.35. The molecule has 0 radical (unpaired) electrons. The summed E-state index contributed by atoms with van der Waals surface area (Å²) in [6, 6.07) is 9.76. The topological polar surface area (TPSA) is 81.4 Å². The van der Waals surface area contributed by atoms with Gasteiger partial charge in [0.25, 0.3) is 11.8 Å². The Hall–Kier alpha value is -2.58. The largest absolute Gasteiger partial charge is 0.367 e. The minimum atomic E-state index is -0.166. The molecule has 0 spiro atoms. The molecule has 0 N–H and O–H groups in total. The van der Waals surface area contributed by atoms with Crippen molar-refractivity contribution in [1.29, 1.82) is 0 Å². The average Bonchev–Trinajstić information content (AvgIpc) is 3.41. The zero-order valence-corrected chi connectivity index (χ0v) is 16.7. The molecule has 0 aliphatic carbocycles. The van der Waals surface area contributed by atoms with Gasteiger partial charge in [-0.1, -0.05) is 35.5 Å². The molecule has 1 amide bonds. The van der Waals surface area contributed by atoms with Crippen LogP contribution in [-0.2, 0) is 18.0 Å². The monoisotopic (exact) mass is 398 g/mol.